The minimum absolute atomic E-state index is 0.119. The Labute approximate surface area is 269 Å². The Morgan fingerprint density at radius 1 is 0.500 bits per heavy atom. The molecule has 0 saturated heterocycles. The van der Waals surface area contributed by atoms with E-state index in [0.29, 0.717) is 22.4 Å². The van der Waals surface area contributed by atoms with Crippen molar-refractivity contribution in [2.24, 2.45) is 8.73 Å². The Bertz CT molecular complexity index is 1940. The highest BCUT2D eigenvalue weighted by molar-refractivity contribution is 8.00. The molecule has 1 aliphatic rings. The SMILES string of the molecule is FC(F)(F)Sc1ccc(-c2ccc(-c3c4c(c(-c5ccc(-c6ccc(SC(F)(F)F)cc6)s5)c5nsnc35)N=S=N4)s2)cc1. The lowest BCUT2D eigenvalue weighted by molar-refractivity contribution is -0.0337. The van der Waals surface area contributed by atoms with E-state index in [4.69, 9.17) is 0 Å². The number of benzene rings is 3. The molecule has 0 saturated carbocycles. The van der Waals surface area contributed by atoms with Crippen LogP contribution in [0.25, 0.3) is 52.8 Å². The summed E-state index contributed by atoms with van der Waals surface area (Å²) in [6.07, 6.45) is 0. The van der Waals surface area contributed by atoms with Gasteiger partial charge in [0.15, 0.2) is 0 Å². The first kappa shape index (κ1) is 29.7. The fraction of sp³-hybridized carbons (Fsp3) is 0.0714. The molecule has 0 spiro atoms. The van der Waals surface area contributed by atoms with Gasteiger partial charge in [0.1, 0.15) is 22.4 Å². The van der Waals surface area contributed by atoms with E-state index in [0.717, 1.165) is 64.8 Å². The molecule has 0 amide bonds. The van der Waals surface area contributed by atoms with Gasteiger partial charge in [-0.05, 0) is 83.2 Å². The zero-order chi connectivity index (χ0) is 30.6. The minimum atomic E-state index is -4.35. The van der Waals surface area contributed by atoms with E-state index in [-0.39, 0.29) is 33.3 Å². The lowest BCUT2D eigenvalue weighted by Gasteiger charge is -2.09. The van der Waals surface area contributed by atoms with E-state index in [1.165, 1.54) is 46.9 Å². The van der Waals surface area contributed by atoms with E-state index >= 15 is 0 Å². The first-order valence-corrected chi connectivity index (χ1v) is 17.1. The lowest BCUT2D eigenvalue weighted by atomic mass is 10.0. The highest BCUT2D eigenvalue weighted by atomic mass is 32.2. The van der Waals surface area contributed by atoms with Crippen LogP contribution in [0.15, 0.2) is 91.3 Å². The van der Waals surface area contributed by atoms with Crippen LogP contribution < -0.4 is 0 Å². The number of aromatic nitrogens is 2. The Hall–Kier alpha value is -3.02. The van der Waals surface area contributed by atoms with E-state index in [9.17, 15) is 26.3 Å². The third kappa shape index (κ3) is 5.98. The summed E-state index contributed by atoms with van der Waals surface area (Å²) in [7, 11) is 0. The Kier molecular flexibility index (Phi) is 7.69. The molecule has 0 unspecified atom stereocenters. The van der Waals surface area contributed by atoms with Crippen molar-refractivity contribution in [2.45, 2.75) is 20.8 Å². The quantitative estimate of drug-likeness (QED) is 0.127. The average molecular weight is 711 g/mol. The monoisotopic (exact) mass is 710 g/mol. The van der Waals surface area contributed by atoms with E-state index in [2.05, 4.69) is 17.5 Å². The maximum atomic E-state index is 12.7. The van der Waals surface area contributed by atoms with Crippen LogP contribution >= 0.6 is 57.9 Å². The summed E-state index contributed by atoms with van der Waals surface area (Å²) < 4.78 is 94.9. The predicted molar refractivity (Wildman–Crippen MR) is 170 cm³/mol. The molecule has 7 rings (SSSR count). The molecule has 4 heterocycles. The van der Waals surface area contributed by atoms with Gasteiger partial charge >= 0.3 is 11.0 Å². The Morgan fingerprint density at radius 2 is 0.886 bits per heavy atom. The summed E-state index contributed by atoms with van der Waals surface area (Å²) in [6, 6.07) is 20.2. The first-order chi connectivity index (χ1) is 21.0. The van der Waals surface area contributed by atoms with Crippen LogP contribution in [0, 0.1) is 0 Å². The van der Waals surface area contributed by atoms with Gasteiger partial charge in [-0.25, -0.2) is 0 Å². The van der Waals surface area contributed by atoms with Gasteiger partial charge in [0.05, 0.1) is 23.1 Å². The van der Waals surface area contributed by atoms with Crippen molar-refractivity contribution in [2.75, 3.05) is 0 Å². The molecule has 0 radical (unpaired) electrons. The van der Waals surface area contributed by atoms with Crippen LogP contribution in [-0.4, -0.2) is 19.8 Å². The smallest absolute Gasteiger partial charge is 0.172 e. The summed E-state index contributed by atoms with van der Waals surface area (Å²) in [4.78, 5) is 3.74. The Morgan fingerprint density at radius 3 is 1.27 bits per heavy atom. The van der Waals surface area contributed by atoms with Crippen molar-refractivity contribution in [1.82, 2.24) is 8.75 Å². The molecule has 1 aliphatic heterocycles. The summed E-state index contributed by atoms with van der Waals surface area (Å²) >= 11 is 4.80. The zero-order valence-electron chi connectivity index (χ0n) is 21.4. The average Bonchev–Trinajstić information content (AvgIpc) is 3.78. The highest BCUT2D eigenvalue weighted by Gasteiger charge is 2.31. The van der Waals surface area contributed by atoms with Gasteiger partial charge in [-0.1, -0.05) is 24.3 Å². The zero-order valence-corrected chi connectivity index (χ0v) is 26.3. The molecule has 16 heteroatoms. The van der Waals surface area contributed by atoms with Gasteiger partial charge in [0, 0.05) is 40.4 Å². The summed E-state index contributed by atoms with van der Waals surface area (Å²) in [6.45, 7) is 0. The third-order valence-corrected chi connectivity index (χ3v) is 11.2. The van der Waals surface area contributed by atoms with Crippen molar-refractivity contribution in [1.29, 1.82) is 0 Å². The van der Waals surface area contributed by atoms with E-state index in [1.807, 2.05) is 24.3 Å². The molecule has 0 fully saturated rings. The molecule has 3 aromatic heterocycles. The molecule has 0 N–H and O–H groups in total. The molecule has 222 valence electrons. The number of nitrogens with zero attached hydrogens (tertiary/aromatic N) is 4. The molecular formula is C28H12F6N4S6. The number of fused-ring (bicyclic) bond motifs is 2. The number of hydrogen-bond donors (Lipinski definition) is 0. The second kappa shape index (κ2) is 11.4. The second-order valence-corrected chi connectivity index (χ2v) is 14.6. The number of hydrogen-bond acceptors (Lipinski definition) is 9. The van der Waals surface area contributed by atoms with Crippen LogP contribution in [0.1, 0.15) is 0 Å². The molecule has 4 nitrogen and oxygen atoms in total. The van der Waals surface area contributed by atoms with Gasteiger partial charge < -0.3 is 0 Å². The topological polar surface area (TPSA) is 50.5 Å². The first-order valence-electron chi connectivity index (χ1n) is 12.4. The number of halogens is 6. The van der Waals surface area contributed by atoms with Crippen molar-refractivity contribution < 1.29 is 26.3 Å². The standard InChI is InChI=1S/C28H12F6N4S6/c29-27(30,31)41-15-5-1-13(2-6-15)17-9-11-19(39-17)21-23-25(37-43-35-23)22(26-24(21)36-44-38-26)20-12-10-18(40-20)14-3-7-16(8-4-14)42-28(32,33)34/h1-12H. The van der Waals surface area contributed by atoms with Gasteiger partial charge in [0.2, 0.25) is 0 Å². The maximum Gasteiger partial charge on any atom is 0.446 e. The molecule has 6 aromatic rings. The Balaban J connectivity index is 1.24. The van der Waals surface area contributed by atoms with E-state index in [1.54, 1.807) is 24.3 Å². The number of thiophene rings is 2. The minimum Gasteiger partial charge on any atom is -0.172 e. The van der Waals surface area contributed by atoms with Crippen LogP contribution in [0.5, 0.6) is 0 Å². The van der Waals surface area contributed by atoms with Gasteiger partial charge in [-0.3, -0.25) is 0 Å². The van der Waals surface area contributed by atoms with Crippen LogP contribution in [0.4, 0.5) is 37.7 Å². The van der Waals surface area contributed by atoms with E-state index < -0.39 is 11.0 Å². The number of thioether (sulfide) groups is 2. The van der Waals surface area contributed by atoms with Crippen LogP contribution in [-0.2, 0) is 11.4 Å². The summed E-state index contributed by atoms with van der Waals surface area (Å²) in [5, 5.41) is 0. The van der Waals surface area contributed by atoms with Crippen molar-refractivity contribution in [3.8, 4) is 41.8 Å². The largest absolute Gasteiger partial charge is 0.446 e. The maximum absolute atomic E-state index is 12.7. The van der Waals surface area contributed by atoms with Gasteiger partial charge in [-0.15, -0.1) is 22.7 Å². The summed E-state index contributed by atoms with van der Waals surface area (Å²) in [5.74, 6) is 0. The second-order valence-electron chi connectivity index (χ2n) is 9.15. The molecule has 3 aromatic carbocycles. The molecule has 0 atom stereocenters. The molecular weight excluding hydrogens is 699 g/mol. The van der Waals surface area contributed by atoms with Crippen LogP contribution in [0.3, 0.4) is 0 Å². The summed E-state index contributed by atoms with van der Waals surface area (Å²) in [5.41, 5.74) is -2.87. The normalized spacial score (nSPS) is 13.0. The highest BCUT2D eigenvalue weighted by Crippen LogP contribution is 2.54. The third-order valence-electron chi connectivity index (χ3n) is 6.37. The molecule has 44 heavy (non-hydrogen) atoms. The fourth-order valence-electron chi connectivity index (χ4n) is 4.62. The van der Waals surface area contributed by atoms with Gasteiger partial charge in [0.25, 0.3) is 0 Å². The van der Waals surface area contributed by atoms with Crippen molar-refractivity contribution in [3.63, 3.8) is 0 Å². The number of rotatable bonds is 6. The van der Waals surface area contributed by atoms with Crippen LogP contribution in [0.2, 0.25) is 0 Å². The molecule has 0 bridgehead atoms. The fourth-order valence-corrected chi connectivity index (χ4v) is 8.94. The lowest BCUT2D eigenvalue weighted by Crippen LogP contribution is -1.98. The predicted octanol–water partition coefficient (Wildman–Crippen LogP) is 12.4. The van der Waals surface area contributed by atoms with Gasteiger partial charge in [-0.2, -0.15) is 43.8 Å². The number of alkyl halides is 6. The van der Waals surface area contributed by atoms with Crippen molar-refractivity contribution >= 4 is 91.7 Å². The van der Waals surface area contributed by atoms with Crippen molar-refractivity contribution in [3.05, 3.63) is 72.8 Å². The molecule has 0 aliphatic carbocycles.